The van der Waals surface area contributed by atoms with Crippen LogP contribution in [0.3, 0.4) is 0 Å². The standard InChI is InChI=1S/C27H33N9O/c1-18-13-34(23-6-5-19(12-28)26-21(23)4-3-8-30-26)15-20-14-33(10-11-36(18)20)27-31-9-7-25(32-27)35-16-22(29)24(17-35)37-2/h3-9,18,20,22,24H,10-11,13-17,29H2,1-2H3/t18-,20+,22-,24-/m1/s1. The number of piperazine rings is 2. The summed E-state index contributed by atoms with van der Waals surface area (Å²) in [5, 5.41) is 10.6. The first kappa shape index (κ1) is 23.9. The van der Waals surface area contributed by atoms with Crippen LogP contribution in [0.4, 0.5) is 17.5 Å². The van der Waals surface area contributed by atoms with Gasteiger partial charge in [0, 0.05) is 88.5 Å². The predicted octanol–water partition coefficient (Wildman–Crippen LogP) is 1.46. The monoisotopic (exact) mass is 499 g/mol. The van der Waals surface area contributed by atoms with E-state index in [1.165, 1.54) is 0 Å². The summed E-state index contributed by atoms with van der Waals surface area (Å²) >= 11 is 0. The molecule has 10 nitrogen and oxygen atoms in total. The number of nitrogens with zero attached hydrogens (tertiary/aromatic N) is 8. The molecule has 0 saturated carbocycles. The highest BCUT2D eigenvalue weighted by atomic mass is 16.5. The highest BCUT2D eigenvalue weighted by Gasteiger charge is 2.38. The predicted molar refractivity (Wildman–Crippen MR) is 144 cm³/mol. The van der Waals surface area contributed by atoms with E-state index in [1.54, 1.807) is 13.3 Å². The van der Waals surface area contributed by atoms with Crippen molar-refractivity contribution in [3.8, 4) is 6.07 Å². The van der Waals surface area contributed by atoms with Crippen LogP contribution in [0, 0.1) is 11.3 Å². The largest absolute Gasteiger partial charge is 0.378 e. The molecule has 0 unspecified atom stereocenters. The van der Waals surface area contributed by atoms with Gasteiger partial charge in [-0.3, -0.25) is 9.88 Å². The average Bonchev–Trinajstić information content (AvgIpc) is 3.32. The normalized spacial score (nSPS) is 26.4. The molecule has 0 aliphatic carbocycles. The third-order valence-electron chi connectivity index (χ3n) is 8.06. The van der Waals surface area contributed by atoms with Gasteiger partial charge in [0.1, 0.15) is 11.9 Å². The number of pyridine rings is 1. The lowest BCUT2D eigenvalue weighted by Gasteiger charge is -2.51. The van der Waals surface area contributed by atoms with E-state index in [9.17, 15) is 5.26 Å². The number of aromatic nitrogens is 3. The fraction of sp³-hybridized carbons (Fsp3) is 0.481. The molecular formula is C27H33N9O. The van der Waals surface area contributed by atoms with Crippen LogP contribution in [0.1, 0.15) is 12.5 Å². The molecule has 2 aromatic heterocycles. The number of nitrogens with two attached hydrogens (primary N) is 1. The fourth-order valence-corrected chi connectivity index (χ4v) is 6.17. The van der Waals surface area contributed by atoms with Crippen LogP contribution in [0.2, 0.25) is 0 Å². The van der Waals surface area contributed by atoms with Gasteiger partial charge in [0.2, 0.25) is 5.95 Å². The summed E-state index contributed by atoms with van der Waals surface area (Å²) in [4.78, 5) is 23.7. The van der Waals surface area contributed by atoms with E-state index in [-0.39, 0.29) is 12.1 Å². The first-order chi connectivity index (χ1) is 18.1. The van der Waals surface area contributed by atoms with Gasteiger partial charge in [0.05, 0.1) is 23.2 Å². The highest BCUT2D eigenvalue weighted by Crippen LogP contribution is 2.32. The van der Waals surface area contributed by atoms with Crippen molar-refractivity contribution in [3.63, 3.8) is 0 Å². The summed E-state index contributed by atoms with van der Waals surface area (Å²) in [7, 11) is 1.71. The van der Waals surface area contributed by atoms with Crippen LogP contribution in [0.5, 0.6) is 0 Å². The number of rotatable bonds is 4. The van der Waals surface area contributed by atoms with Crippen LogP contribution >= 0.6 is 0 Å². The minimum absolute atomic E-state index is 0.0184. The molecule has 37 heavy (non-hydrogen) atoms. The van der Waals surface area contributed by atoms with Gasteiger partial charge in [0.15, 0.2) is 0 Å². The van der Waals surface area contributed by atoms with E-state index in [0.29, 0.717) is 17.6 Å². The zero-order valence-corrected chi connectivity index (χ0v) is 21.4. The van der Waals surface area contributed by atoms with E-state index in [4.69, 9.17) is 15.5 Å². The summed E-state index contributed by atoms with van der Waals surface area (Å²) in [5.41, 5.74) is 8.77. The van der Waals surface area contributed by atoms with Crippen molar-refractivity contribution in [3.05, 3.63) is 48.3 Å². The number of anilines is 3. The van der Waals surface area contributed by atoms with Gasteiger partial charge in [-0.05, 0) is 37.3 Å². The number of ether oxygens (including phenoxy) is 1. The van der Waals surface area contributed by atoms with Gasteiger partial charge in [-0.2, -0.15) is 10.2 Å². The Morgan fingerprint density at radius 3 is 2.65 bits per heavy atom. The van der Waals surface area contributed by atoms with Gasteiger partial charge in [-0.15, -0.1) is 0 Å². The molecule has 4 atom stereocenters. The van der Waals surface area contributed by atoms with Gasteiger partial charge in [0.25, 0.3) is 0 Å². The van der Waals surface area contributed by atoms with Crippen LogP contribution in [-0.2, 0) is 4.74 Å². The van der Waals surface area contributed by atoms with Crippen LogP contribution in [0.25, 0.3) is 10.9 Å². The van der Waals surface area contributed by atoms with Gasteiger partial charge < -0.3 is 25.2 Å². The Morgan fingerprint density at radius 1 is 0.973 bits per heavy atom. The number of hydrogen-bond acceptors (Lipinski definition) is 10. The van der Waals surface area contributed by atoms with E-state index in [0.717, 1.165) is 74.2 Å². The molecule has 0 radical (unpaired) electrons. The quantitative estimate of drug-likeness (QED) is 0.566. The van der Waals surface area contributed by atoms with Crippen LogP contribution in [0.15, 0.2) is 42.7 Å². The second-order valence-corrected chi connectivity index (χ2v) is 10.3. The Morgan fingerprint density at radius 2 is 1.84 bits per heavy atom. The summed E-state index contributed by atoms with van der Waals surface area (Å²) in [6, 6.07) is 13.0. The lowest BCUT2D eigenvalue weighted by molar-refractivity contribution is 0.108. The number of hydrogen-bond donors (Lipinski definition) is 1. The molecule has 3 aliphatic rings. The molecule has 10 heteroatoms. The highest BCUT2D eigenvalue weighted by molar-refractivity contribution is 5.95. The van der Waals surface area contributed by atoms with Gasteiger partial charge in [-0.25, -0.2) is 4.98 Å². The van der Waals surface area contributed by atoms with Crippen molar-refractivity contribution in [1.82, 2.24) is 19.9 Å². The zero-order valence-electron chi connectivity index (χ0n) is 21.4. The minimum atomic E-state index is -0.0184. The number of methoxy groups -OCH3 is 1. The number of benzene rings is 1. The third kappa shape index (κ3) is 4.33. The molecule has 0 spiro atoms. The summed E-state index contributed by atoms with van der Waals surface area (Å²) in [6.07, 6.45) is 3.62. The van der Waals surface area contributed by atoms with Crippen molar-refractivity contribution in [1.29, 1.82) is 5.26 Å². The molecule has 3 saturated heterocycles. The molecule has 6 rings (SSSR count). The van der Waals surface area contributed by atoms with Crippen molar-refractivity contribution < 1.29 is 4.74 Å². The Kier molecular flexibility index (Phi) is 6.28. The molecule has 1 aromatic carbocycles. The van der Waals surface area contributed by atoms with Gasteiger partial charge >= 0.3 is 0 Å². The van der Waals surface area contributed by atoms with E-state index < -0.39 is 0 Å². The van der Waals surface area contributed by atoms with E-state index in [1.807, 2.05) is 24.4 Å². The maximum Gasteiger partial charge on any atom is 0.227 e. The van der Waals surface area contributed by atoms with E-state index >= 15 is 0 Å². The fourth-order valence-electron chi connectivity index (χ4n) is 6.17. The maximum atomic E-state index is 9.55. The van der Waals surface area contributed by atoms with Crippen LogP contribution in [-0.4, -0.2) is 97.0 Å². The molecule has 3 aromatic rings. The minimum Gasteiger partial charge on any atom is -0.378 e. The summed E-state index contributed by atoms with van der Waals surface area (Å²) in [5.74, 6) is 1.67. The first-order valence-corrected chi connectivity index (χ1v) is 13.0. The second kappa shape index (κ2) is 9.74. The van der Waals surface area contributed by atoms with Crippen LogP contribution < -0.4 is 20.4 Å². The topological polar surface area (TPSA) is 111 Å². The van der Waals surface area contributed by atoms with Crippen molar-refractivity contribution >= 4 is 28.4 Å². The Balaban J connectivity index is 1.23. The number of fused-ring (bicyclic) bond motifs is 2. The average molecular weight is 500 g/mol. The summed E-state index contributed by atoms with van der Waals surface area (Å²) in [6.45, 7) is 8.34. The molecule has 192 valence electrons. The Hall–Kier alpha value is -3.52. The molecule has 2 N–H and O–H groups in total. The molecular weight excluding hydrogens is 466 g/mol. The first-order valence-electron chi connectivity index (χ1n) is 13.0. The second-order valence-electron chi connectivity index (χ2n) is 10.3. The van der Waals surface area contributed by atoms with Crippen molar-refractivity contribution in [2.75, 3.05) is 67.6 Å². The SMILES string of the molecule is CO[C@@H]1CN(c2ccnc(N3CCN4[C@@H](C3)CN(c3ccc(C#N)c5ncccc35)C[C@H]4C)n2)C[C@H]1N. The third-order valence-corrected chi connectivity index (χ3v) is 8.06. The lowest BCUT2D eigenvalue weighted by atomic mass is 10.0. The van der Waals surface area contributed by atoms with Gasteiger partial charge in [-0.1, -0.05) is 0 Å². The Bertz CT molecular complexity index is 1330. The molecule has 3 fully saturated rings. The molecule has 5 heterocycles. The van der Waals surface area contributed by atoms with Crippen molar-refractivity contribution in [2.24, 2.45) is 5.73 Å². The Labute approximate surface area is 217 Å². The summed E-state index contributed by atoms with van der Waals surface area (Å²) < 4.78 is 5.53. The smallest absolute Gasteiger partial charge is 0.227 e. The number of nitriles is 1. The zero-order chi connectivity index (χ0) is 25.5. The molecule has 0 bridgehead atoms. The molecule has 3 aliphatic heterocycles. The maximum absolute atomic E-state index is 9.55. The lowest BCUT2D eigenvalue weighted by Crippen LogP contribution is -2.65. The van der Waals surface area contributed by atoms with E-state index in [2.05, 4.69) is 54.7 Å². The molecule has 0 amide bonds. The van der Waals surface area contributed by atoms with Crippen molar-refractivity contribution in [2.45, 2.75) is 31.2 Å².